The maximum atomic E-state index is 11.4. The number of thiazole rings is 1. The van der Waals surface area contributed by atoms with Gasteiger partial charge in [0.05, 0.1) is 36.9 Å². The van der Waals surface area contributed by atoms with Crippen LogP contribution in [0, 0.1) is 6.92 Å². The first kappa shape index (κ1) is 13.5. The molecular formula is C13H19NO3S. The summed E-state index contributed by atoms with van der Waals surface area (Å²) in [5, 5.41) is 0. The summed E-state index contributed by atoms with van der Waals surface area (Å²) in [7, 11) is 1.43. The minimum absolute atomic E-state index is 0.177. The quantitative estimate of drug-likeness (QED) is 0.744. The Kier molecular flexibility index (Phi) is 4.35. The Bertz CT molecular complexity index is 412. The highest BCUT2D eigenvalue weighted by molar-refractivity contribution is 7.09. The van der Waals surface area contributed by atoms with Crippen LogP contribution in [-0.4, -0.2) is 30.3 Å². The molecule has 18 heavy (non-hydrogen) atoms. The number of methoxy groups -OCH3 is 1. The van der Waals surface area contributed by atoms with E-state index in [1.165, 1.54) is 12.0 Å². The van der Waals surface area contributed by atoms with Gasteiger partial charge in [-0.25, -0.2) is 4.98 Å². The van der Waals surface area contributed by atoms with E-state index < -0.39 is 0 Å². The third kappa shape index (κ3) is 3.09. The number of esters is 1. The fourth-order valence-corrected chi connectivity index (χ4v) is 2.97. The molecule has 4 nitrogen and oxygen atoms in total. The van der Waals surface area contributed by atoms with Crippen LogP contribution in [-0.2, 0) is 20.7 Å². The Labute approximate surface area is 111 Å². The van der Waals surface area contributed by atoms with Crippen LogP contribution in [0.15, 0.2) is 5.51 Å². The number of ether oxygens (including phenoxy) is 2. The summed E-state index contributed by atoms with van der Waals surface area (Å²) in [6.45, 7) is 2.67. The van der Waals surface area contributed by atoms with E-state index in [1.54, 1.807) is 11.3 Å². The second kappa shape index (κ2) is 5.80. The standard InChI is InChI=1S/C13H19NO3S/c1-10-11(18-9-14-10)4-7-17-13(5-3-6-13)8-12(15)16-2/h9H,3-8H2,1-2H3. The van der Waals surface area contributed by atoms with Gasteiger partial charge in [-0.15, -0.1) is 11.3 Å². The normalized spacial score (nSPS) is 17.2. The van der Waals surface area contributed by atoms with Crippen LogP contribution < -0.4 is 0 Å². The molecule has 1 aromatic rings. The van der Waals surface area contributed by atoms with Gasteiger partial charge in [0.2, 0.25) is 0 Å². The second-order valence-electron chi connectivity index (χ2n) is 4.75. The summed E-state index contributed by atoms with van der Waals surface area (Å²) < 4.78 is 10.7. The Morgan fingerprint density at radius 2 is 2.33 bits per heavy atom. The number of aryl methyl sites for hydroxylation is 1. The van der Waals surface area contributed by atoms with Gasteiger partial charge >= 0.3 is 5.97 Å². The number of aromatic nitrogens is 1. The fraction of sp³-hybridized carbons (Fsp3) is 0.692. The van der Waals surface area contributed by atoms with Crippen molar-refractivity contribution in [1.29, 1.82) is 0 Å². The van der Waals surface area contributed by atoms with Crippen LogP contribution in [0.4, 0.5) is 0 Å². The Balaban J connectivity index is 1.81. The molecule has 0 atom stereocenters. The summed E-state index contributed by atoms with van der Waals surface area (Å²) in [5.74, 6) is -0.177. The highest BCUT2D eigenvalue weighted by Crippen LogP contribution is 2.39. The molecule has 0 unspecified atom stereocenters. The second-order valence-corrected chi connectivity index (χ2v) is 5.69. The van der Waals surface area contributed by atoms with Crippen LogP contribution >= 0.6 is 11.3 Å². The molecule has 1 aromatic heterocycles. The van der Waals surface area contributed by atoms with E-state index in [2.05, 4.69) is 4.98 Å². The average molecular weight is 269 g/mol. The van der Waals surface area contributed by atoms with Gasteiger partial charge in [0.25, 0.3) is 0 Å². The first-order valence-corrected chi connectivity index (χ1v) is 7.13. The van der Waals surface area contributed by atoms with Gasteiger partial charge in [0.1, 0.15) is 0 Å². The first-order valence-electron chi connectivity index (χ1n) is 6.25. The van der Waals surface area contributed by atoms with Gasteiger partial charge in [-0.2, -0.15) is 0 Å². The predicted molar refractivity (Wildman–Crippen MR) is 69.7 cm³/mol. The molecule has 1 fully saturated rings. The van der Waals surface area contributed by atoms with Gasteiger partial charge < -0.3 is 9.47 Å². The van der Waals surface area contributed by atoms with E-state index in [-0.39, 0.29) is 11.6 Å². The molecule has 0 aromatic carbocycles. The summed E-state index contributed by atoms with van der Waals surface area (Å²) >= 11 is 1.66. The topological polar surface area (TPSA) is 48.4 Å². The van der Waals surface area contributed by atoms with Gasteiger partial charge in [0, 0.05) is 11.3 Å². The monoisotopic (exact) mass is 269 g/mol. The third-order valence-corrected chi connectivity index (χ3v) is 4.54. The highest BCUT2D eigenvalue weighted by Gasteiger charge is 2.40. The molecule has 0 spiro atoms. The number of carbonyl (C=O) groups excluding carboxylic acids is 1. The first-order chi connectivity index (χ1) is 8.65. The molecule has 5 heteroatoms. The van der Waals surface area contributed by atoms with E-state index in [9.17, 15) is 4.79 Å². The Morgan fingerprint density at radius 3 is 2.83 bits per heavy atom. The van der Waals surface area contributed by atoms with Crippen LogP contribution in [0.2, 0.25) is 0 Å². The largest absolute Gasteiger partial charge is 0.469 e. The lowest BCUT2D eigenvalue weighted by Crippen LogP contribution is -2.42. The molecule has 1 aliphatic rings. The van der Waals surface area contributed by atoms with Gasteiger partial charge in [-0.05, 0) is 26.2 Å². The van der Waals surface area contributed by atoms with Gasteiger partial charge in [-0.1, -0.05) is 0 Å². The molecule has 0 saturated heterocycles. The van der Waals surface area contributed by atoms with E-state index in [0.717, 1.165) is 31.4 Å². The SMILES string of the molecule is COC(=O)CC1(OCCc2scnc2C)CCC1. The number of hydrogen-bond acceptors (Lipinski definition) is 5. The summed E-state index contributed by atoms with van der Waals surface area (Å²) in [5.41, 5.74) is 2.68. The van der Waals surface area contributed by atoms with Crippen molar-refractivity contribution >= 4 is 17.3 Å². The van der Waals surface area contributed by atoms with Crippen molar-refractivity contribution in [1.82, 2.24) is 4.98 Å². The van der Waals surface area contributed by atoms with E-state index >= 15 is 0 Å². The zero-order valence-corrected chi connectivity index (χ0v) is 11.7. The predicted octanol–water partition coefficient (Wildman–Crippen LogP) is 2.50. The maximum absolute atomic E-state index is 11.4. The summed E-state index contributed by atoms with van der Waals surface area (Å²) in [4.78, 5) is 16.8. The van der Waals surface area contributed by atoms with Crippen LogP contribution in [0.1, 0.15) is 36.3 Å². The molecule has 1 aliphatic carbocycles. The van der Waals surface area contributed by atoms with Crippen molar-refractivity contribution in [3.8, 4) is 0 Å². The lowest BCUT2D eigenvalue weighted by molar-refractivity contribution is -0.157. The van der Waals surface area contributed by atoms with Crippen LogP contribution in [0.25, 0.3) is 0 Å². The third-order valence-electron chi connectivity index (χ3n) is 3.54. The lowest BCUT2D eigenvalue weighted by Gasteiger charge is -2.40. The number of hydrogen-bond donors (Lipinski definition) is 0. The highest BCUT2D eigenvalue weighted by atomic mass is 32.1. The van der Waals surface area contributed by atoms with Crippen LogP contribution in [0.5, 0.6) is 0 Å². The fourth-order valence-electron chi connectivity index (χ4n) is 2.20. The zero-order valence-electron chi connectivity index (χ0n) is 10.9. The molecule has 0 radical (unpaired) electrons. The molecule has 1 heterocycles. The van der Waals surface area contributed by atoms with Crippen molar-refractivity contribution in [3.63, 3.8) is 0 Å². The molecule has 0 bridgehead atoms. The molecular weight excluding hydrogens is 250 g/mol. The Morgan fingerprint density at radius 1 is 1.56 bits per heavy atom. The number of nitrogens with zero attached hydrogens (tertiary/aromatic N) is 1. The van der Waals surface area contributed by atoms with Crippen molar-refractivity contribution in [3.05, 3.63) is 16.1 Å². The molecule has 100 valence electrons. The van der Waals surface area contributed by atoms with Gasteiger partial charge in [-0.3, -0.25) is 4.79 Å². The smallest absolute Gasteiger partial charge is 0.308 e. The van der Waals surface area contributed by atoms with E-state index in [0.29, 0.717) is 13.0 Å². The minimum atomic E-state index is -0.258. The molecule has 0 N–H and O–H groups in total. The van der Waals surface area contributed by atoms with Crippen molar-refractivity contribution < 1.29 is 14.3 Å². The van der Waals surface area contributed by atoms with Crippen molar-refractivity contribution in [2.45, 2.75) is 44.6 Å². The van der Waals surface area contributed by atoms with Crippen molar-refractivity contribution in [2.24, 2.45) is 0 Å². The van der Waals surface area contributed by atoms with Gasteiger partial charge in [0.15, 0.2) is 0 Å². The van der Waals surface area contributed by atoms with E-state index in [4.69, 9.17) is 9.47 Å². The molecule has 1 saturated carbocycles. The number of carbonyl (C=O) groups is 1. The van der Waals surface area contributed by atoms with E-state index in [1.807, 2.05) is 12.4 Å². The van der Waals surface area contributed by atoms with Crippen molar-refractivity contribution in [2.75, 3.05) is 13.7 Å². The molecule has 0 amide bonds. The number of rotatable bonds is 6. The Hall–Kier alpha value is -0.940. The lowest BCUT2D eigenvalue weighted by atomic mass is 9.77. The molecule has 0 aliphatic heterocycles. The minimum Gasteiger partial charge on any atom is -0.469 e. The summed E-state index contributed by atoms with van der Waals surface area (Å²) in [6.07, 6.45) is 4.31. The zero-order chi connectivity index (χ0) is 13.0. The van der Waals surface area contributed by atoms with Crippen LogP contribution in [0.3, 0.4) is 0 Å². The summed E-state index contributed by atoms with van der Waals surface area (Å²) in [6, 6.07) is 0. The molecule has 2 rings (SSSR count). The average Bonchev–Trinajstić information content (AvgIpc) is 2.71. The maximum Gasteiger partial charge on any atom is 0.308 e.